The second-order valence-corrected chi connectivity index (χ2v) is 4.70. The number of hydrogen-bond acceptors (Lipinski definition) is 2. The van der Waals surface area contributed by atoms with E-state index in [2.05, 4.69) is 0 Å². The van der Waals surface area contributed by atoms with Crippen molar-refractivity contribution >= 4 is 11.6 Å². The Hall–Kier alpha value is -0.570. The van der Waals surface area contributed by atoms with Gasteiger partial charge in [0.2, 0.25) is 0 Å². The van der Waals surface area contributed by atoms with Crippen LogP contribution in [0.3, 0.4) is 0 Å². The average Bonchev–Trinajstić information content (AvgIpc) is 2.23. The molecule has 1 aromatic rings. The molecule has 90 valence electrons. The Morgan fingerprint density at radius 3 is 2.62 bits per heavy atom. The first-order valence-corrected chi connectivity index (χ1v) is 5.86. The SMILES string of the molecule is COCCC(C)C(O)c1cc(C)cc(Cl)c1. The fourth-order valence-corrected chi connectivity index (χ4v) is 2.02. The molecule has 0 heterocycles. The molecule has 2 atom stereocenters. The van der Waals surface area contributed by atoms with Gasteiger partial charge < -0.3 is 9.84 Å². The van der Waals surface area contributed by atoms with Crippen LogP contribution in [0.5, 0.6) is 0 Å². The Morgan fingerprint density at radius 1 is 1.38 bits per heavy atom. The molecule has 0 saturated carbocycles. The molecule has 1 N–H and O–H groups in total. The van der Waals surface area contributed by atoms with Gasteiger partial charge in [0.05, 0.1) is 6.10 Å². The van der Waals surface area contributed by atoms with E-state index in [1.54, 1.807) is 7.11 Å². The summed E-state index contributed by atoms with van der Waals surface area (Å²) >= 11 is 5.97. The summed E-state index contributed by atoms with van der Waals surface area (Å²) in [7, 11) is 1.67. The van der Waals surface area contributed by atoms with Crippen LogP contribution in [0.25, 0.3) is 0 Å². The molecule has 0 amide bonds. The summed E-state index contributed by atoms with van der Waals surface area (Å²) in [5.41, 5.74) is 1.95. The molecule has 3 heteroatoms. The zero-order valence-corrected chi connectivity index (χ0v) is 10.8. The molecule has 1 rings (SSSR count). The second kappa shape index (κ2) is 6.24. The molecule has 0 aromatic heterocycles. The predicted octanol–water partition coefficient (Wildman–Crippen LogP) is 3.35. The maximum absolute atomic E-state index is 10.2. The zero-order chi connectivity index (χ0) is 12.1. The number of benzene rings is 1. The normalized spacial score (nSPS) is 14.8. The van der Waals surface area contributed by atoms with Gasteiger partial charge in [0.25, 0.3) is 0 Å². The van der Waals surface area contributed by atoms with E-state index in [0.29, 0.717) is 11.6 Å². The predicted molar refractivity (Wildman–Crippen MR) is 66.8 cm³/mol. The van der Waals surface area contributed by atoms with Gasteiger partial charge in [0, 0.05) is 18.7 Å². The fraction of sp³-hybridized carbons (Fsp3) is 0.538. The van der Waals surface area contributed by atoms with Crippen LogP contribution in [0.4, 0.5) is 0 Å². The lowest BCUT2D eigenvalue weighted by atomic mass is 9.94. The highest BCUT2D eigenvalue weighted by Crippen LogP contribution is 2.27. The Balaban J connectivity index is 2.74. The monoisotopic (exact) mass is 242 g/mol. The average molecular weight is 243 g/mol. The van der Waals surface area contributed by atoms with Crippen LogP contribution >= 0.6 is 11.6 Å². The van der Waals surface area contributed by atoms with E-state index < -0.39 is 6.10 Å². The first-order valence-electron chi connectivity index (χ1n) is 5.48. The van der Waals surface area contributed by atoms with Crippen LogP contribution < -0.4 is 0 Å². The molecule has 0 aliphatic heterocycles. The number of methoxy groups -OCH3 is 1. The third-order valence-electron chi connectivity index (χ3n) is 2.72. The third-order valence-corrected chi connectivity index (χ3v) is 2.94. The minimum absolute atomic E-state index is 0.165. The van der Waals surface area contributed by atoms with Crippen molar-refractivity contribution in [2.75, 3.05) is 13.7 Å². The lowest BCUT2D eigenvalue weighted by Gasteiger charge is -2.19. The summed E-state index contributed by atoms with van der Waals surface area (Å²) < 4.78 is 5.01. The Bertz CT molecular complexity index is 318. The maximum atomic E-state index is 10.2. The highest BCUT2D eigenvalue weighted by Gasteiger charge is 2.16. The topological polar surface area (TPSA) is 29.5 Å². The van der Waals surface area contributed by atoms with Gasteiger partial charge in [-0.15, -0.1) is 0 Å². The number of aryl methyl sites for hydroxylation is 1. The molecular formula is C13H19ClO2. The highest BCUT2D eigenvalue weighted by molar-refractivity contribution is 6.30. The van der Waals surface area contributed by atoms with Crippen molar-refractivity contribution in [2.24, 2.45) is 5.92 Å². The summed E-state index contributed by atoms with van der Waals surface area (Å²) in [6.45, 7) is 4.65. The fourth-order valence-electron chi connectivity index (χ4n) is 1.73. The molecule has 0 saturated heterocycles. The van der Waals surface area contributed by atoms with Gasteiger partial charge in [-0.1, -0.05) is 24.6 Å². The molecule has 1 aromatic carbocycles. The van der Waals surface area contributed by atoms with Crippen molar-refractivity contribution in [3.05, 3.63) is 34.3 Å². The van der Waals surface area contributed by atoms with E-state index in [1.807, 2.05) is 32.0 Å². The van der Waals surface area contributed by atoms with Gasteiger partial charge in [-0.3, -0.25) is 0 Å². The summed E-state index contributed by atoms with van der Waals surface area (Å²) in [4.78, 5) is 0. The van der Waals surface area contributed by atoms with E-state index in [4.69, 9.17) is 16.3 Å². The van der Waals surface area contributed by atoms with Gasteiger partial charge in [-0.2, -0.15) is 0 Å². The van der Waals surface area contributed by atoms with Gasteiger partial charge in [0.15, 0.2) is 0 Å². The van der Waals surface area contributed by atoms with Crippen molar-refractivity contribution in [3.63, 3.8) is 0 Å². The minimum atomic E-state index is -0.479. The molecule has 0 bridgehead atoms. The molecule has 0 aliphatic carbocycles. The first-order chi connectivity index (χ1) is 7.54. The number of ether oxygens (including phenoxy) is 1. The summed E-state index contributed by atoms with van der Waals surface area (Å²) in [5.74, 6) is 0.165. The van der Waals surface area contributed by atoms with Crippen LogP contribution in [-0.4, -0.2) is 18.8 Å². The van der Waals surface area contributed by atoms with Gasteiger partial charge in [0.1, 0.15) is 0 Å². The van der Waals surface area contributed by atoms with E-state index in [0.717, 1.165) is 17.5 Å². The number of rotatable bonds is 5. The van der Waals surface area contributed by atoms with Crippen LogP contribution in [0.15, 0.2) is 18.2 Å². The molecule has 16 heavy (non-hydrogen) atoms. The number of halogens is 1. The second-order valence-electron chi connectivity index (χ2n) is 4.27. The number of aliphatic hydroxyl groups excluding tert-OH is 1. The van der Waals surface area contributed by atoms with Crippen molar-refractivity contribution in [1.82, 2.24) is 0 Å². The molecule has 0 radical (unpaired) electrons. The largest absolute Gasteiger partial charge is 0.388 e. The Morgan fingerprint density at radius 2 is 2.06 bits per heavy atom. The third kappa shape index (κ3) is 3.78. The van der Waals surface area contributed by atoms with E-state index in [9.17, 15) is 5.11 Å². The molecule has 0 aliphatic rings. The first kappa shape index (κ1) is 13.5. The zero-order valence-electron chi connectivity index (χ0n) is 10.0. The molecular weight excluding hydrogens is 224 g/mol. The van der Waals surface area contributed by atoms with E-state index in [1.165, 1.54) is 0 Å². The van der Waals surface area contributed by atoms with E-state index in [-0.39, 0.29) is 5.92 Å². The maximum Gasteiger partial charge on any atom is 0.0817 e. The van der Waals surface area contributed by atoms with Crippen molar-refractivity contribution in [2.45, 2.75) is 26.4 Å². The smallest absolute Gasteiger partial charge is 0.0817 e. The standard InChI is InChI=1S/C13H19ClO2/c1-9-6-11(8-12(14)7-9)13(15)10(2)4-5-16-3/h6-8,10,13,15H,4-5H2,1-3H3. The lowest BCUT2D eigenvalue weighted by Crippen LogP contribution is -2.11. The number of hydrogen-bond donors (Lipinski definition) is 1. The Labute approximate surface area is 102 Å². The molecule has 2 unspecified atom stereocenters. The Kier molecular flexibility index (Phi) is 5.26. The van der Waals surface area contributed by atoms with Crippen LogP contribution in [0.1, 0.15) is 30.6 Å². The highest BCUT2D eigenvalue weighted by atomic mass is 35.5. The van der Waals surface area contributed by atoms with E-state index >= 15 is 0 Å². The van der Waals surface area contributed by atoms with Crippen LogP contribution in [-0.2, 0) is 4.74 Å². The summed E-state index contributed by atoms with van der Waals surface area (Å²) in [6.07, 6.45) is 0.357. The van der Waals surface area contributed by atoms with Gasteiger partial charge in [-0.25, -0.2) is 0 Å². The van der Waals surface area contributed by atoms with Gasteiger partial charge in [-0.05, 0) is 42.5 Å². The summed E-state index contributed by atoms with van der Waals surface area (Å²) in [6, 6.07) is 5.68. The summed E-state index contributed by atoms with van der Waals surface area (Å²) in [5, 5.41) is 10.8. The quantitative estimate of drug-likeness (QED) is 0.858. The van der Waals surface area contributed by atoms with Crippen molar-refractivity contribution in [1.29, 1.82) is 0 Å². The van der Waals surface area contributed by atoms with Crippen molar-refractivity contribution in [3.8, 4) is 0 Å². The van der Waals surface area contributed by atoms with Crippen LogP contribution in [0, 0.1) is 12.8 Å². The van der Waals surface area contributed by atoms with Gasteiger partial charge >= 0.3 is 0 Å². The van der Waals surface area contributed by atoms with Crippen molar-refractivity contribution < 1.29 is 9.84 Å². The van der Waals surface area contributed by atoms with Crippen LogP contribution in [0.2, 0.25) is 5.02 Å². The minimum Gasteiger partial charge on any atom is -0.388 e. The molecule has 0 spiro atoms. The number of aliphatic hydroxyl groups is 1. The molecule has 2 nitrogen and oxygen atoms in total. The lowest BCUT2D eigenvalue weighted by molar-refractivity contribution is 0.0886. The molecule has 0 fully saturated rings.